The van der Waals surface area contributed by atoms with E-state index < -0.39 is 0 Å². The molecule has 7 rings (SSSR count). The molecule has 7 aromatic rings. The van der Waals surface area contributed by atoms with Crippen LogP contribution in [0, 0.1) is 0 Å². The summed E-state index contributed by atoms with van der Waals surface area (Å²) in [6, 6.07) is 23.1. The zero-order valence-electron chi connectivity index (χ0n) is 29.1. The highest BCUT2D eigenvalue weighted by atomic mass is 16.3. The molecule has 0 saturated carbocycles. The standard InChI is InChI=1S/C33H31B10N3O/c34-20-18(21(35)25(39)28(42)24(20)38)32-44-31(45-33(46-32)19-22(36)26(40)29(43)27(41)23(19)37)15-10-4-9-14-17-13(12-6-2-1-3-7-12)8-5-11-16(17)47-30(14)15/h1-11H,34-43H2. The highest BCUT2D eigenvalue weighted by molar-refractivity contribution is 6.69. The zero-order valence-corrected chi connectivity index (χ0v) is 29.1. The molecular formula is C33H31B10N3O. The van der Waals surface area contributed by atoms with Crippen molar-refractivity contribution in [2.24, 2.45) is 0 Å². The molecule has 0 amide bonds. The summed E-state index contributed by atoms with van der Waals surface area (Å²) in [5.74, 6) is 2.00. The molecule has 14 heteroatoms. The Bertz CT molecular complexity index is 2280. The van der Waals surface area contributed by atoms with Gasteiger partial charge in [-0.1, -0.05) is 76.4 Å². The molecule has 0 aliphatic rings. The van der Waals surface area contributed by atoms with Crippen molar-refractivity contribution in [3.8, 4) is 45.3 Å². The number of hydrogen-bond acceptors (Lipinski definition) is 4. The molecule has 0 N–H and O–H groups in total. The number of benzene rings is 5. The first-order chi connectivity index (χ1) is 22.5. The van der Waals surface area contributed by atoms with Crippen molar-refractivity contribution in [3.63, 3.8) is 0 Å². The summed E-state index contributed by atoms with van der Waals surface area (Å²) in [6.07, 6.45) is 0. The van der Waals surface area contributed by atoms with Crippen molar-refractivity contribution in [2.45, 2.75) is 0 Å². The van der Waals surface area contributed by atoms with E-state index in [-0.39, 0.29) is 0 Å². The largest absolute Gasteiger partial charge is 0.455 e. The van der Waals surface area contributed by atoms with E-state index in [2.05, 4.69) is 133 Å². The minimum absolute atomic E-state index is 0.611. The average molecular weight is 594 g/mol. The van der Waals surface area contributed by atoms with Crippen molar-refractivity contribution >= 4 is 155 Å². The number of hydrogen-bond donors (Lipinski definition) is 0. The second-order valence-corrected chi connectivity index (χ2v) is 13.1. The van der Waals surface area contributed by atoms with Crippen molar-refractivity contribution in [1.82, 2.24) is 15.0 Å². The summed E-state index contributed by atoms with van der Waals surface area (Å²) < 4.78 is 6.69. The maximum atomic E-state index is 6.69. The fraction of sp³-hybridized carbons (Fsp3) is 0. The van der Waals surface area contributed by atoms with Crippen LogP contribution in [0.2, 0.25) is 0 Å². The molecule has 0 atom stereocenters. The van der Waals surface area contributed by atoms with E-state index in [9.17, 15) is 0 Å². The van der Waals surface area contributed by atoms with Crippen molar-refractivity contribution in [2.75, 3.05) is 0 Å². The smallest absolute Gasteiger partial charge is 0.167 e. The normalized spacial score (nSPS) is 11.4. The lowest BCUT2D eigenvalue weighted by molar-refractivity contribution is 0.669. The van der Waals surface area contributed by atoms with Crippen LogP contribution >= 0.6 is 0 Å². The quantitative estimate of drug-likeness (QED) is 0.191. The number of para-hydroxylation sites is 1. The Labute approximate surface area is 285 Å². The lowest BCUT2D eigenvalue weighted by Crippen LogP contribution is -2.55. The first kappa shape index (κ1) is 31.2. The lowest BCUT2D eigenvalue weighted by atomic mass is 9.60. The van der Waals surface area contributed by atoms with E-state index in [1.807, 2.05) is 12.1 Å². The summed E-state index contributed by atoms with van der Waals surface area (Å²) in [4.78, 5) is 15.8. The monoisotopic (exact) mass is 595 g/mol. The molecule has 0 fully saturated rings. The van der Waals surface area contributed by atoms with Crippen molar-refractivity contribution in [1.29, 1.82) is 0 Å². The average Bonchev–Trinajstić information content (AvgIpc) is 3.48. The van der Waals surface area contributed by atoms with Gasteiger partial charge < -0.3 is 4.42 Å². The van der Waals surface area contributed by atoms with Crippen LogP contribution in [0.1, 0.15) is 0 Å². The Morgan fingerprint density at radius 1 is 0.404 bits per heavy atom. The summed E-state index contributed by atoms with van der Waals surface area (Å²) in [7, 11) is 22.0. The van der Waals surface area contributed by atoms with Gasteiger partial charge in [-0.15, -0.1) is 32.8 Å². The Morgan fingerprint density at radius 3 is 1.38 bits per heavy atom. The molecule has 214 valence electrons. The number of aromatic nitrogens is 3. The second kappa shape index (κ2) is 11.7. The third-order valence-electron chi connectivity index (χ3n) is 10.9. The molecule has 0 unspecified atom stereocenters. The van der Waals surface area contributed by atoms with Gasteiger partial charge in [-0.05, 0) is 23.3 Å². The molecule has 0 radical (unpaired) electrons. The third kappa shape index (κ3) is 4.87. The first-order valence-electron chi connectivity index (χ1n) is 16.4. The van der Waals surface area contributed by atoms with Gasteiger partial charge in [0.15, 0.2) is 17.5 Å². The molecule has 47 heavy (non-hydrogen) atoms. The predicted molar refractivity (Wildman–Crippen MR) is 231 cm³/mol. The maximum Gasteiger partial charge on any atom is 0.167 e. The highest BCUT2D eigenvalue weighted by Gasteiger charge is 2.23. The van der Waals surface area contributed by atoms with E-state index in [0.717, 1.165) is 49.8 Å². The molecule has 0 saturated heterocycles. The molecule has 0 bridgehead atoms. The Morgan fingerprint density at radius 2 is 0.851 bits per heavy atom. The molecule has 4 nitrogen and oxygen atoms in total. The molecule has 0 aliphatic heterocycles. The van der Waals surface area contributed by atoms with Crippen LogP contribution in [0.15, 0.2) is 71.1 Å². The van der Waals surface area contributed by atoms with Gasteiger partial charge in [-0.25, -0.2) is 15.0 Å². The van der Waals surface area contributed by atoms with Crippen LogP contribution in [0.5, 0.6) is 0 Å². The van der Waals surface area contributed by atoms with Gasteiger partial charge in [0, 0.05) is 21.9 Å². The maximum absolute atomic E-state index is 6.69. The van der Waals surface area contributed by atoms with Crippen molar-refractivity contribution < 1.29 is 4.42 Å². The van der Waals surface area contributed by atoms with Gasteiger partial charge in [0.1, 0.15) is 89.6 Å². The van der Waals surface area contributed by atoms with Gasteiger partial charge in [0.25, 0.3) is 0 Å². The summed E-state index contributed by atoms with van der Waals surface area (Å²) in [5, 5.41) is 2.14. The van der Waals surface area contributed by atoms with Crippen LogP contribution < -0.4 is 54.6 Å². The van der Waals surface area contributed by atoms with Crippen molar-refractivity contribution in [3.05, 3.63) is 66.7 Å². The van der Waals surface area contributed by atoms with Crippen LogP contribution in [-0.2, 0) is 0 Å². The highest BCUT2D eigenvalue weighted by Crippen LogP contribution is 2.40. The van der Waals surface area contributed by atoms with E-state index >= 15 is 0 Å². The van der Waals surface area contributed by atoms with Crippen LogP contribution in [0.3, 0.4) is 0 Å². The Hall–Kier alpha value is -4.44. The van der Waals surface area contributed by atoms with E-state index in [1.54, 1.807) is 0 Å². The Kier molecular flexibility index (Phi) is 7.74. The van der Waals surface area contributed by atoms with E-state index in [1.165, 1.54) is 54.6 Å². The van der Waals surface area contributed by atoms with E-state index in [0.29, 0.717) is 17.5 Å². The van der Waals surface area contributed by atoms with Crippen LogP contribution in [-0.4, -0.2) is 93.4 Å². The van der Waals surface area contributed by atoms with Gasteiger partial charge in [-0.2, -0.15) is 0 Å². The van der Waals surface area contributed by atoms with Crippen LogP contribution in [0.25, 0.3) is 67.2 Å². The number of nitrogens with zero attached hydrogens (tertiary/aromatic N) is 3. The number of rotatable bonds is 4. The minimum atomic E-state index is 0.611. The fourth-order valence-electron chi connectivity index (χ4n) is 7.27. The van der Waals surface area contributed by atoms with Gasteiger partial charge >= 0.3 is 0 Å². The topological polar surface area (TPSA) is 51.8 Å². The van der Waals surface area contributed by atoms with Crippen LogP contribution in [0.4, 0.5) is 0 Å². The molecular weight excluding hydrogens is 563 g/mol. The minimum Gasteiger partial charge on any atom is -0.455 e. The van der Waals surface area contributed by atoms with Gasteiger partial charge in [-0.3, -0.25) is 0 Å². The van der Waals surface area contributed by atoms with Gasteiger partial charge in [0.05, 0.1) is 5.56 Å². The second-order valence-electron chi connectivity index (χ2n) is 13.1. The SMILES string of the molecule is Bc1c(B)c(B)c(-c2nc(-c3c(B)c(B)c(B)c(B)c3B)nc(-c3cccc4c3oc3cccc(-c5ccccc5)c34)n2)c(B)c1B. The van der Waals surface area contributed by atoms with Gasteiger partial charge in [0.2, 0.25) is 0 Å². The lowest BCUT2D eigenvalue weighted by Gasteiger charge is -2.22. The molecule has 2 heterocycles. The molecule has 5 aromatic carbocycles. The summed E-state index contributed by atoms with van der Waals surface area (Å²) in [5.41, 5.74) is 19.5. The predicted octanol–water partition coefficient (Wildman–Crippen LogP) is -8.98. The summed E-state index contributed by atoms with van der Waals surface area (Å²) >= 11 is 0. The number of furan rings is 1. The molecule has 0 spiro atoms. The first-order valence-corrected chi connectivity index (χ1v) is 16.4. The molecule has 2 aromatic heterocycles. The summed E-state index contributed by atoms with van der Waals surface area (Å²) in [6.45, 7) is 0. The Balaban J connectivity index is 1.57. The van der Waals surface area contributed by atoms with E-state index in [4.69, 9.17) is 19.4 Å². The third-order valence-corrected chi connectivity index (χ3v) is 10.9. The number of fused-ring (bicyclic) bond motifs is 3. The zero-order chi connectivity index (χ0) is 33.3. The molecule has 0 aliphatic carbocycles. The fourth-order valence-corrected chi connectivity index (χ4v) is 7.27.